The highest BCUT2D eigenvalue weighted by atomic mass is 35.5. The van der Waals surface area contributed by atoms with Crippen molar-refractivity contribution in [2.45, 2.75) is 33.4 Å². The van der Waals surface area contributed by atoms with Crippen molar-refractivity contribution in [2.24, 2.45) is 0 Å². The van der Waals surface area contributed by atoms with Gasteiger partial charge in [0, 0.05) is 30.9 Å². The zero-order valence-electron chi connectivity index (χ0n) is 18.6. The molecule has 1 aromatic heterocycles. The van der Waals surface area contributed by atoms with Crippen molar-refractivity contribution in [3.63, 3.8) is 0 Å². The van der Waals surface area contributed by atoms with Crippen molar-refractivity contribution in [1.82, 2.24) is 15.1 Å². The molecule has 0 aliphatic heterocycles. The van der Waals surface area contributed by atoms with E-state index in [1.807, 2.05) is 56.3 Å². The zero-order valence-corrected chi connectivity index (χ0v) is 19.4. The SMILES string of the molecule is COc1ccc(/C=C/C(=O)NCCCn2cc(Cl)c(C)n2)cc1COc1ccc(C)cc1. The summed E-state index contributed by atoms with van der Waals surface area (Å²) >= 11 is 6.00. The summed E-state index contributed by atoms with van der Waals surface area (Å²) in [6.45, 7) is 5.52. The lowest BCUT2D eigenvalue weighted by Gasteiger charge is -2.11. The van der Waals surface area contributed by atoms with Gasteiger partial charge in [-0.3, -0.25) is 9.48 Å². The summed E-state index contributed by atoms with van der Waals surface area (Å²) in [4.78, 5) is 12.1. The van der Waals surface area contributed by atoms with Crippen molar-refractivity contribution in [3.8, 4) is 11.5 Å². The summed E-state index contributed by atoms with van der Waals surface area (Å²) in [5.41, 5.74) is 3.79. The summed E-state index contributed by atoms with van der Waals surface area (Å²) in [5.74, 6) is 1.39. The van der Waals surface area contributed by atoms with Gasteiger partial charge in [0.2, 0.25) is 5.91 Å². The van der Waals surface area contributed by atoms with Crippen LogP contribution in [0.25, 0.3) is 6.08 Å². The third kappa shape index (κ3) is 6.89. The minimum atomic E-state index is -0.145. The molecule has 168 valence electrons. The molecule has 0 aliphatic carbocycles. The molecule has 3 rings (SSSR count). The Morgan fingerprint density at radius 3 is 2.66 bits per heavy atom. The van der Waals surface area contributed by atoms with Crippen LogP contribution in [0.2, 0.25) is 5.02 Å². The van der Waals surface area contributed by atoms with Crippen molar-refractivity contribution in [1.29, 1.82) is 0 Å². The highest BCUT2D eigenvalue weighted by Crippen LogP contribution is 2.23. The number of nitrogens with one attached hydrogen (secondary N) is 1. The molecule has 6 nitrogen and oxygen atoms in total. The van der Waals surface area contributed by atoms with Crippen molar-refractivity contribution in [3.05, 3.63) is 82.1 Å². The average Bonchev–Trinajstić information content (AvgIpc) is 3.12. The van der Waals surface area contributed by atoms with Gasteiger partial charge in [-0.2, -0.15) is 5.10 Å². The number of nitrogens with zero attached hydrogens (tertiary/aromatic N) is 2. The highest BCUT2D eigenvalue weighted by Gasteiger charge is 2.06. The van der Waals surface area contributed by atoms with Crippen LogP contribution in [-0.4, -0.2) is 29.3 Å². The molecule has 1 heterocycles. The molecule has 0 bridgehead atoms. The standard InChI is InChI=1S/C25H28ClN3O3/c1-18-5-9-22(10-6-18)32-17-21-15-20(7-11-24(21)31-3)8-12-25(30)27-13-4-14-29-16-23(26)19(2)28-29/h5-12,15-16H,4,13-14,17H2,1-3H3,(H,27,30)/b12-8+. The maximum Gasteiger partial charge on any atom is 0.244 e. The quantitative estimate of drug-likeness (QED) is 0.348. The van der Waals surface area contributed by atoms with E-state index in [1.165, 1.54) is 11.6 Å². The summed E-state index contributed by atoms with van der Waals surface area (Å²) < 4.78 is 13.1. The first-order valence-corrected chi connectivity index (χ1v) is 10.8. The maximum absolute atomic E-state index is 12.1. The smallest absolute Gasteiger partial charge is 0.244 e. The topological polar surface area (TPSA) is 65.4 Å². The number of hydrogen-bond donors (Lipinski definition) is 1. The van der Waals surface area contributed by atoms with E-state index in [-0.39, 0.29) is 5.91 Å². The Bertz CT molecular complexity index is 1060. The predicted octanol–water partition coefficient (Wildman–Crippen LogP) is 4.96. The maximum atomic E-state index is 12.1. The number of carbonyl (C=O) groups excluding carboxylic acids is 1. The molecule has 32 heavy (non-hydrogen) atoms. The first-order chi connectivity index (χ1) is 15.4. The fraction of sp³-hybridized carbons (Fsp3) is 0.280. The van der Waals surface area contributed by atoms with E-state index in [0.29, 0.717) is 24.7 Å². The lowest BCUT2D eigenvalue weighted by atomic mass is 10.1. The van der Waals surface area contributed by atoms with Crippen LogP contribution in [0.3, 0.4) is 0 Å². The molecule has 3 aromatic rings. The molecule has 0 saturated heterocycles. The molecule has 0 spiro atoms. The largest absolute Gasteiger partial charge is 0.496 e. The van der Waals surface area contributed by atoms with E-state index in [1.54, 1.807) is 24.1 Å². The van der Waals surface area contributed by atoms with Crippen molar-refractivity contribution < 1.29 is 14.3 Å². The monoisotopic (exact) mass is 453 g/mol. The number of aryl methyl sites for hydroxylation is 3. The van der Waals surface area contributed by atoms with Crippen molar-refractivity contribution in [2.75, 3.05) is 13.7 Å². The number of rotatable bonds is 10. The number of benzene rings is 2. The molecule has 1 N–H and O–H groups in total. The molecular formula is C25H28ClN3O3. The van der Waals surface area contributed by atoms with Gasteiger partial charge in [-0.25, -0.2) is 0 Å². The first kappa shape index (κ1) is 23.4. The Labute approximate surface area is 193 Å². The Balaban J connectivity index is 1.50. The fourth-order valence-corrected chi connectivity index (χ4v) is 3.25. The van der Waals surface area contributed by atoms with Crippen LogP contribution in [0.5, 0.6) is 11.5 Å². The van der Waals surface area contributed by atoms with E-state index in [2.05, 4.69) is 10.4 Å². The van der Waals surface area contributed by atoms with Gasteiger partial charge >= 0.3 is 0 Å². The minimum absolute atomic E-state index is 0.145. The molecule has 7 heteroatoms. The number of methoxy groups -OCH3 is 1. The van der Waals surface area contributed by atoms with Crippen molar-refractivity contribution >= 4 is 23.6 Å². The summed E-state index contributed by atoms with van der Waals surface area (Å²) in [6.07, 6.45) is 5.87. The van der Waals surface area contributed by atoms with Gasteiger partial charge in [0.05, 0.1) is 17.8 Å². The Kier molecular flexibility index (Phi) is 8.34. The lowest BCUT2D eigenvalue weighted by molar-refractivity contribution is -0.116. The molecule has 0 atom stereocenters. The summed E-state index contributed by atoms with van der Waals surface area (Å²) in [7, 11) is 1.63. The third-order valence-corrected chi connectivity index (χ3v) is 5.27. The van der Waals surface area contributed by atoms with E-state index in [9.17, 15) is 4.79 Å². The van der Waals surface area contributed by atoms with Crippen LogP contribution in [0.1, 0.15) is 28.8 Å². The number of ether oxygens (including phenoxy) is 2. The molecule has 0 unspecified atom stereocenters. The lowest BCUT2D eigenvalue weighted by Crippen LogP contribution is -2.23. The number of aromatic nitrogens is 2. The fourth-order valence-electron chi connectivity index (χ4n) is 3.10. The molecule has 1 amide bonds. The van der Waals surface area contributed by atoms with Crippen LogP contribution >= 0.6 is 11.6 Å². The molecule has 0 fully saturated rings. The Morgan fingerprint density at radius 2 is 1.97 bits per heavy atom. The van der Waals surface area contributed by atoms with Crippen LogP contribution in [0.4, 0.5) is 0 Å². The number of halogens is 1. The summed E-state index contributed by atoms with van der Waals surface area (Å²) in [5, 5.41) is 7.84. The molecule has 0 aliphatic rings. The van der Waals surface area contributed by atoms with Gasteiger partial charge < -0.3 is 14.8 Å². The van der Waals surface area contributed by atoms with E-state index >= 15 is 0 Å². The number of hydrogen-bond acceptors (Lipinski definition) is 4. The second-order valence-corrected chi connectivity index (χ2v) is 7.88. The Hall–Kier alpha value is -3.25. The number of amides is 1. The van der Waals surface area contributed by atoms with Crippen LogP contribution in [-0.2, 0) is 17.9 Å². The van der Waals surface area contributed by atoms with Gasteiger partial charge in [0.15, 0.2) is 0 Å². The number of carbonyl (C=O) groups is 1. The van der Waals surface area contributed by atoms with Gasteiger partial charge in [0.25, 0.3) is 0 Å². The molecular weight excluding hydrogens is 426 g/mol. The van der Waals surface area contributed by atoms with Gasteiger partial charge in [0.1, 0.15) is 18.1 Å². The van der Waals surface area contributed by atoms with Crippen LogP contribution in [0, 0.1) is 13.8 Å². The second-order valence-electron chi connectivity index (χ2n) is 7.48. The normalized spacial score (nSPS) is 11.0. The molecule has 2 aromatic carbocycles. The zero-order chi connectivity index (χ0) is 22.9. The highest BCUT2D eigenvalue weighted by molar-refractivity contribution is 6.31. The van der Waals surface area contributed by atoms with Gasteiger partial charge in [-0.05, 0) is 56.2 Å². The van der Waals surface area contributed by atoms with Gasteiger partial charge in [-0.1, -0.05) is 35.4 Å². The van der Waals surface area contributed by atoms with Crippen LogP contribution in [0.15, 0.2) is 54.7 Å². The minimum Gasteiger partial charge on any atom is -0.496 e. The molecule has 0 radical (unpaired) electrons. The summed E-state index contributed by atoms with van der Waals surface area (Å²) in [6, 6.07) is 13.6. The second kappa shape index (κ2) is 11.4. The van der Waals surface area contributed by atoms with E-state index in [4.69, 9.17) is 21.1 Å². The van der Waals surface area contributed by atoms with E-state index < -0.39 is 0 Å². The van der Waals surface area contributed by atoms with Crippen LogP contribution < -0.4 is 14.8 Å². The Morgan fingerprint density at radius 1 is 1.19 bits per heavy atom. The molecule has 0 saturated carbocycles. The third-order valence-electron chi connectivity index (χ3n) is 4.90. The van der Waals surface area contributed by atoms with E-state index in [0.717, 1.165) is 34.7 Å². The first-order valence-electron chi connectivity index (χ1n) is 10.5. The average molecular weight is 454 g/mol. The predicted molar refractivity (Wildman–Crippen MR) is 127 cm³/mol. The van der Waals surface area contributed by atoms with Gasteiger partial charge in [-0.15, -0.1) is 0 Å².